The summed E-state index contributed by atoms with van der Waals surface area (Å²) in [5.74, 6) is -1.08. The molecule has 8 N–H and O–H groups in total. The molecule has 1 aliphatic rings. The van der Waals surface area contributed by atoms with Crippen molar-refractivity contribution in [3.8, 4) is 0 Å². The minimum absolute atomic E-state index is 0.0791. The van der Waals surface area contributed by atoms with Gasteiger partial charge in [-0.2, -0.15) is 0 Å². The molecule has 3 rings (SSSR count). The highest BCUT2D eigenvalue weighted by Gasteiger charge is 2.38. The Morgan fingerprint density at radius 3 is 2.73 bits per heavy atom. The lowest BCUT2D eigenvalue weighted by Crippen LogP contribution is -2.45. The highest BCUT2D eigenvalue weighted by atomic mass is 31.2. The number of nitrogen functional groups attached to an aromatic ring is 1. The molecule has 184 valence electrons. The number of aliphatic hydroxyl groups is 5. The number of fused-ring (bicyclic) bond motifs is 1. The third-order valence-electron chi connectivity index (χ3n) is 4.91. The number of phosphoric ester groups is 1. The molecule has 33 heavy (non-hydrogen) atoms. The molecule has 0 bridgehead atoms. The summed E-state index contributed by atoms with van der Waals surface area (Å²) in [5.41, 5.74) is 6.44. The number of aromatic nitrogens is 4. The van der Waals surface area contributed by atoms with E-state index in [1.165, 1.54) is 17.2 Å². The first-order chi connectivity index (χ1) is 15.5. The fourth-order valence-electron chi connectivity index (χ4n) is 3.06. The number of carbonyl (C=O) groups is 1. The second-order valence-electron chi connectivity index (χ2n) is 7.20. The van der Waals surface area contributed by atoms with Gasteiger partial charge in [0.1, 0.15) is 49.1 Å². The molecule has 0 saturated carbocycles. The van der Waals surface area contributed by atoms with E-state index < -0.39 is 70.2 Å². The van der Waals surface area contributed by atoms with Crippen molar-refractivity contribution < 1.29 is 53.6 Å². The van der Waals surface area contributed by atoms with Crippen molar-refractivity contribution in [1.29, 1.82) is 0 Å². The van der Waals surface area contributed by atoms with Crippen molar-refractivity contribution in [3.05, 3.63) is 12.7 Å². The summed E-state index contributed by atoms with van der Waals surface area (Å²) in [6, 6.07) is 0. The lowest BCUT2D eigenvalue weighted by molar-refractivity contribution is -0.142. The number of hydrogen-bond acceptors (Lipinski definition) is 14. The number of nitrogens with zero attached hydrogens (tertiary/aromatic N) is 4. The van der Waals surface area contributed by atoms with Crippen molar-refractivity contribution in [2.45, 2.75) is 43.2 Å². The molecule has 17 heteroatoms. The second-order valence-corrected chi connectivity index (χ2v) is 8.66. The molecule has 0 radical (unpaired) electrons. The number of rotatable bonds is 11. The predicted molar refractivity (Wildman–Crippen MR) is 106 cm³/mol. The first kappa shape index (κ1) is 25.5. The van der Waals surface area contributed by atoms with Crippen LogP contribution in [-0.2, 0) is 23.1 Å². The Morgan fingerprint density at radius 1 is 1.30 bits per heavy atom. The molecule has 0 aromatic carbocycles. The Bertz CT molecular complexity index is 1020. The fraction of sp³-hybridized carbons (Fsp3) is 0.625. The van der Waals surface area contributed by atoms with Crippen molar-refractivity contribution in [2.24, 2.45) is 0 Å². The Kier molecular flexibility index (Phi) is 8.07. The molecule has 16 nitrogen and oxygen atoms in total. The number of anilines is 1. The van der Waals surface area contributed by atoms with Gasteiger partial charge in [-0.05, 0) is 0 Å². The standard InChI is InChI=1S/C16H24N5O11P/c17-15-12-16(19-5-18-15)21(6-20-12)11-1-7(23)10(32-11)4-31-33(28,29)30-3-9(25)14(27)13(26)8(24)2-22/h5-8,10-11,13-14,22-24,26-27H,1-4H2,(H,28,29)(H2,17,18,19)/t7?,8-,10-,11-,13+,14-/m1/s1. The molecule has 0 amide bonds. The highest BCUT2D eigenvalue weighted by molar-refractivity contribution is 7.47. The lowest BCUT2D eigenvalue weighted by Gasteiger charge is -2.21. The molecule has 0 aliphatic carbocycles. The maximum Gasteiger partial charge on any atom is 0.472 e. The van der Waals surface area contributed by atoms with Crippen LogP contribution in [0.25, 0.3) is 11.2 Å². The summed E-state index contributed by atoms with van der Waals surface area (Å²) in [6.07, 6.45) is -6.15. The molecule has 1 saturated heterocycles. The molecule has 3 heterocycles. The third kappa shape index (κ3) is 5.88. The Balaban J connectivity index is 1.53. The van der Waals surface area contributed by atoms with Gasteiger partial charge in [0.2, 0.25) is 0 Å². The molecular formula is C16H24N5O11P. The third-order valence-corrected chi connectivity index (χ3v) is 5.84. The summed E-state index contributed by atoms with van der Waals surface area (Å²) >= 11 is 0. The van der Waals surface area contributed by atoms with E-state index in [2.05, 4.69) is 19.5 Å². The van der Waals surface area contributed by atoms with Gasteiger partial charge in [-0.3, -0.25) is 18.4 Å². The first-order valence-electron chi connectivity index (χ1n) is 9.60. The normalized spacial score (nSPS) is 25.6. The minimum Gasteiger partial charge on any atom is -0.394 e. The van der Waals surface area contributed by atoms with Gasteiger partial charge in [-0.15, -0.1) is 0 Å². The van der Waals surface area contributed by atoms with E-state index in [1.807, 2.05) is 0 Å². The number of phosphoric acid groups is 1. The van der Waals surface area contributed by atoms with E-state index in [1.54, 1.807) is 0 Å². The monoisotopic (exact) mass is 493 g/mol. The second kappa shape index (κ2) is 10.4. The quantitative estimate of drug-likeness (QED) is 0.152. The van der Waals surface area contributed by atoms with Crippen LogP contribution >= 0.6 is 7.82 Å². The van der Waals surface area contributed by atoms with Crippen LogP contribution in [0.5, 0.6) is 0 Å². The van der Waals surface area contributed by atoms with E-state index in [4.69, 9.17) is 20.1 Å². The Labute approximate surface area is 185 Å². The summed E-state index contributed by atoms with van der Waals surface area (Å²) in [5, 5.41) is 47.3. The van der Waals surface area contributed by atoms with Gasteiger partial charge >= 0.3 is 7.82 Å². The predicted octanol–water partition coefficient (Wildman–Crippen LogP) is -3.17. The van der Waals surface area contributed by atoms with Crippen LogP contribution in [0, 0.1) is 0 Å². The van der Waals surface area contributed by atoms with Gasteiger partial charge < -0.3 is 40.9 Å². The van der Waals surface area contributed by atoms with Crippen LogP contribution in [0.4, 0.5) is 5.82 Å². The number of aliphatic hydroxyl groups excluding tert-OH is 5. The molecular weight excluding hydrogens is 469 g/mol. The zero-order valence-corrected chi connectivity index (χ0v) is 17.9. The molecule has 2 aromatic heterocycles. The molecule has 0 spiro atoms. The van der Waals surface area contributed by atoms with E-state index in [9.17, 15) is 34.7 Å². The van der Waals surface area contributed by atoms with E-state index in [-0.39, 0.29) is 12.2 Å². The van der Waals surface area contributed by atoms with Crippen LogP contribution in [0.15, 0.2) is 12.7 Å². The number of ether oxygens (including phenoxy) is 1. The summed E-state index contributed by atoms with van der Waals surface area (Å²) in [4.78, 5) is 33.5. The van der Waals surface area contributed by atoms with Gasteiger partial charge in [0.05, 0.1) is 25.6 Å². The molecule has 1 fully saturated rings. The first-order valence-corrected chi connectivity index (χ1v) is 11.1. The topological polar surface area (TPSA) is 253 Å². The minimum atomic E-state index is -4.82. The van der Waals surface area contributed by atoms with Crippen LogP contribution in [-0.4, -0.2) is 106 Å². The smallest absolute Gasteiger partial charge is 0.394 e. The van der Waals surface area contributed by atoms with E-state index in [0.717, 1.165) is 0 Å². The number of ketones is 1. The number of carbonyl (C=O) groups excluding carboxylic acids is 1. The number of imidazole rings is 1. The number of nitrogens with two attached hydrogens (primary N) is 1. The zero-order chi connectivity index (χ0) is 24.3. The van der Waals surface area contributed by atoms with Crippen LogP contribution < -0.4 is 5.73 Å². The number of Topliss-reactive ketones (excluding diaryl/α,β-unsaturated/α-hetero) is 1. The largest absolute Gasteiger partial charge is 0.472 e. The maximum atomic E-state index is 12.0. The SMILES string of the molecule is Nc1ncnc2c1ncn2[C@H]1CC(O)[C@@H](COP(=O)(O)OCC(=O)[C@@H](O)[C@@H](O)[C@H](O)CO)O1. The molecule has 2 unspecified atom stereocenters. The molecule has 7 atom stereocenters. The van der Waals surface area contributed by atoms with Crippen molar-refractivity contribution in [3.63, 3.8) is 0 Å². The lowest BCUT2D eigenvalue weighted by atomic mass is 10.1. The summed E-state index contributed by atoms with van der Waals surface area (Å²) in [7, 11) is -4.82. The maximum absolute atomic E-state index is 12.0. The molecule has 1 aliphatic heterocycles. The van der Waals surface area contributed by atoms with Crippen LogP contribution in [0.1, 0.15) is 12.6 Å². The van der Waals surface area contributed by atoms with Gasteiger partial charge in [0, 0.05) is 6.42 Å². The van der Waals surface area contributed by atoms with Gasteiger partial charge in [-0.1, -0.05) is 0 Å². The van der Waals surface area contributed by atoms with Crippen molar-refractivity contribution >= 4 is 30.6 Å². The Hall–Kier alpha value is -2.11. The van der Waals surface area contributed by atoms with Crippen molar-refractivity contribution in [2.75, 3.05) is 25.6 Å². The average Bonchev–Trinajstić information content (AvgIpc) is 3.38. The summed E-state index contributed by atoms with van der Waals surface area (Å²) in [6.45, 7) is -2.64. The van der Waals surface area contributed by atoms with Gasteiger partial charge in [0.25, 0.3) is 0 Å². The summed E-state index contributed by atoms with van der Waals surface area (Å²) < 4.78 is 28.4. The fourth-order valence-corrected chi connectivity index (χ4v) is 3.76. The average molecular weight is 493 g/mol. The van der Waals surface area contributed by atoms with Crippen molar-refractivity contribution in [1.82, 2.24) is 19.5 Å². The molecule has 2 aromatic rings. The van der Waals surface area contributed by atoms with Gasteiger partial charge in [0.15, 0.2) is 17.2 Å². The Morgan fingerprint density at radius 2 is 2.03 bits per heavy atom. The van der Waals surface area contributed by atoms with Gasteiger partial charge in [-0.25, -0.2) is 19.5 Å². The van der Waals surface area contributed by atoms with E-state index in [0.29, 0.717) is 11.2 Å². The van der Waals surface area contributed by atoms with E-state index >= 15 is 0 Å². The van der Waals surface area contributed by atoms with Crippen LogP contribution in [0.2, 0.25) is 0 Å². The number of hydrogen-bond donors (Lipinski definition) is 7. The highest BCUT2D eigenvalue weighted by Crippen LogP contribution is 2.44. The zero-order valence-electron chi connectivity index (χ0n) is 17.0. The van der Waals surface area contributed by atoms with Crippen LogP contribution in [0.3, 0.4) is 0 Å².